The van der Waals surface area contributed by atoms with Crippen LogP contribution in [0.2, 0.25) is 0 Å². The lowest BCUT2D eigenvalue weighted by Gasteiger charge is -2.21. The van der Waals surface area contributed by atoms with Crippen LogP contribution in [0, 0.1) is 0 Å². The molecule has 3 heterocycles. The van der Waals surface area contributed by atoms with E-state index in [1.807, 2.05) is 17.4 Å². The fraction of sp³-hybridized carbons (Fsp3) is 0.102. The Morgan fingerprint density at radius 2 is 1.32 bits per heavy atom. The largest absolute Gasteiger partial charge is 0.309 e. The minimum absolute atomic E-state index is 0.0143. The van der Waals surface area contributed by atoms with Gasteiger partial charge in [-0.15, -0.1) is 11.3 Å². The average molecular weight is 698 g/mol. The Balaban J connectivity index is 1.06. The standard InChI is InChI=1S/C49H35N3S/c1-49(2)40-19-11-9-17-34(40)36-25-38-39-26-37-35-18-10-12-20-44(35)52(45(37)29-47(39)53-46(38)27-41(36)49)33-23-21-32(22-24-33)48-50-42(30-13-5-3-6-14-30)28-43(51-48)31-15-7-4-8-16-31/h3,5-7,9-29H,4,8H2,1-2H3. The molecule has 4 heteroatoms. The minimum Gasteiger partial charge on any atom is -0.309 e. The summed E-state index contributed by atoms with van der Waals surface area (Å²) in [5.41, 5.74) is 14.3. The predicted octanol–water partition coefficient (Wildman–Crippen LogP) is 13.3. The molecule has 0 fully saturated rings. The number of hydrogen-bond acceptors (Lipinski definition) is 3. The molecule has 3 nitrogen and oxygen atoms in total. The molecular weight excluding hydrogens is 663 g/mol. The number of benzene rings is 6. The van der Waals surface area contributed by atoms with Gasteiger partial charge in [0.05, 0.1) is 22.4 Å². The molecule has 53 heavy (non-hydrogen) atoms. The zero-order valence-electron chi connectivity index (χ0n) is 29.6. The van der Waals surface area contributed by atoms with Crippen molar-refractivity contribution >= 4 is 58.9 Å². The summed E-state index contributed by atoms with van der Waals surface area (Å²) in [6.07, 6.45) is 8.81. The molecule has 0 saturated heterocycles. The highest BCUT2D eigenvalue weighted by atomic mass is 32.1. The number of allylic oxidation sites excluding steroid dienone is 4. The quantitative estimate of drug-likeness (QED) is 0.183. The zero-order valence-corrected chi connectivity index (χ0v) is 30.4. The van der Waals surface area contributed by atoms with Crippen molar-refractivity contribution in [1.29, 1.82) is 0 Å². The third kappa shape index (κ3) is 4.65. The summed E-state index contributed by atoms with van der Waals surface area (Å²) in [5, 5.41) is 5.21. The molecule has 0 spiro atoms. The predicted molar refractivity (Wildman–Crippen MR) is 224 cm³/mol. The Labute approximate surface area is 312 Å². The molecule has 0 saturated carbocycles. The van der Waals surface area contributed by atoms with Crippen LogP contribution in [0.3, 0.4) is 0 Å². The molecule has 0 N–H and O–H groups in total. The van der Waals surface area contributed by atoms with Gasteiger partial charge in [-0.1, -0.05) is 105 Å². The van der Waals surface area contributed by atoms with E-state index in [1.165, 1.54) is 64.2 Å². The number of aromatic nitrogens is 3. The normalized spacial score (nSPS) is 14.6. The van der Waals surface area contributed by atoms with E-state index in [2.05, 4.69) is 164 Å². The fourth-order valence-electron chi connectivity index (χ4n) is 8.75. The van der Waals surface area contributed by atoms with Crippen LogP contribution in [0.1, 0.15) is 43.5 Å². The Morgan fingerprint density at radius 1 is 0.566 bits per heavy atom. The van der Waals surface area contributed by atoms with E-state index in [4.69, 9.17) is 9.97 Å². The molecule has 0 amide bonds. The summed E-state index contributed by atoms with van der Waals surface area (Å²) in [5.74, 6) is 0.736. The number of hydrogen-bond donors (Lipinski definition) is 0. The maximum atomic E-state index is 5.11. The first-order chi connectivity index (χ1) is 26.0. The van der Waals surface area contributed by atoms with Gasteiger partial charge in [0, 0.05) is 53.2 Å². The van der Waals surface area contributed by atoms with Crippen molar-refractivity contribution < 1.29 is 0 Å². The Kier molecular flexibility index (Phi) is 6.59. The summed E-state index contributed by atoms with van der Waals surface area (Å²) in [7, 11) is 0. The molecule has 2 aliphatic rings. The van der Waals surface area contributed by atoms with Crippen LogP contribution in [-0.4, -0.2) is 14.5 Å². The van der Waals surface area contributed by atoms with Gasteiger partial charge in [-0.25, -0.2) is 9.97 Å². The first kappa shape index (κ1) is 30.5. The van der Waals surface area contributed by atoms with Crippen molar-refractivity contribution in [3.05, 3.63) is 169 Å². The van der Waals surface area contributed by atoms with Crippen LogP contribution in [0.15, 0.2) is 152 Å². The van der Waals surface area contributed by atoms with E-state index in [-0.39, 0.29) is 5.41 Å². The first-order valence-corrected chi connectivity index (χ1v) is 19.3. The molecule has 0 unspecified atom stereocenters. The molecule has 3 aromatic heterocycles. The average Bonchev–Trinajstić information content (AvgIpc) is 3.81. The topological polar surface area (TPSA) is 30.7 Å². The second kappa shape index (κ2) is 11.4. The Morgan fingerprint density at radius 3 is 2.17 bits per heavy atom. The van der Waals surface area contributed by atoms with Gasteiger partial charge in [-0.3, -0.25) is 0 Å². The lowest BCUT2D eigenvalue weighted by molar-refractivity contribution is 0.661. The van der Waals surface area contributed by atoms with Gasteiger partial charge in [-0.05, 0) is 101 Å². The molecule has 0 radical (unpaired) electrons. The van der Waals surface area contributed by atoms with Gasteiger partial charge in [0.2, 0.25) is 0 Å². The van der Waals surface area contributed by atoms with Crippen LogP contribution >= 0.6 is 11.3 Å². The summed E-state index contributed by atoms with van der Waals surface area (Å²) in [4.78, 5) is 10.2. The van der Waals surface area contributed by atoms with E-state index in [0.717, 1.165) is 52.4 Å². The van der Waals surface area contributed by atoms with Crippen molar-refractivity contribution in [2.75, 3.05) is 0 Å². The van der Waals surface area contributed by atoms with Crippen LogP contribution in [-0.2, 0) is 5.41 Å². The maximum Gasteiger partial charge on any atom is 0.160 e. The van der Waals surface area contributed by atoms with E-state index in [1.54, 1.807) is 0 Å². The molecule has 0 atom stereocenters. The zero-order chi connectivity index (χ0) is 35.3. The van der Waals surface area contributed by atoms with Crippen LogP contribution in [0.4, 0.5) is 0 Å². The summed E-state index contributed by atoms with van der Waals surface area (Å²) in [6.45, 7) is 4.73. The second-order valence-corrected chi connectivity index (χ2v) is 16.0. The molecular formula is C49H35N3S. The van der Waals surface area contributed by atoms with Gasteiger partial charge in [0.15, 0.2) is 5.82 Å². The molecule has 6 aromatic carbocycles. The Hall–Kier alpha value is -6.10. The van der Waals surface area contributed by atoms with Crippen LogP contribution in [0.25, 0.3) is 87.0 Å². The second-order valence-electron chi connectivity index (χ2n) is 14.9. The summed E-state index contributed by atoms with van der Waals surface area (Å²) in [6, 6.07) is 48.8. The first-order valence-electron chi connectivity index (χ1n) is 18.5. The van der Waals surface area contributed by atoms with Crippen molar-refractivity contribution in [3.8, 4) is 39.5 Å². The highest BCUT2D eigenvalue weighted by molar-refractivity contribution is 7.25. The van der Waals surface area contributed by atoms with E-state index >= 15 is 0 Å². The third-order valence-electron chi connectivity index (χ3n) is 11.4. The monoisotopic (exact) mass is 697 g/mol. The smallest absolute Gasteiger partial charge is 0.160 e. The lowest BCUT2D eigenvalue weighted by Crippen LogP contribution is -2.14. The van der Waals surface area contributed by atoms with Gasteiger partial charge in [0.1, 0.15) is 0 Å². The fourth-order valence-corrected chi connectivity index (χ4v) is 9.90. The van der Waals surface area contributed by atoms with E-state index < -0.39 is 0 Å². The number of rotatable bonds is 4. The van der Waals surface area contributed by atoms with Gasteiger partial charge >= 0.3 is 0 Å². The van der Waals surface area contributed by atoms with Gasteiger partial charge in [-0.2, -0.15) is 0 Å². The molecule has 11 rings (SSSR count). The molecule has 2 aliphatic carbocycles. The number of fused-ring (bicyclic) bond motifs is 9. The lowest BCUT2D eigenvalue weighted by atomic mass is 9.82. The summed E-state index contributed by atoms with van der Waals surface area (Å²) >= 11 is 1.91. The highest BCUT2D eigenvalue weighted by Crippen LogP contribution is 2.52. The number of nitrogens with zero attached hydrogens (tertiary/aromatic N) is 3. The molecule has 252 valence electrons. The number of thiophene rings is 1. The van der Waals surface area contributed by atoms with Crippen LogP contribution in [0.5, 0.6) is 0 Å². The van der Waals surface area contributed by atoms with Crippen molar-refractivity contribution in [2.24, 2.45) is 0 Å². The minimum atomic E-state index is -0.0143. The third-order valence-corrected chi connectivity index (χ3v) is 12.6. The Bertz CT molecular complexity index is 3010. The van der Waals surface area contributed by atoms with E-state index in [9.17, 15) is 0 Å². The van der Waals surface area contributed by atoms with Crippen molar-refractivity contribution in [2.45, 2.75) is 32.1 Å². The van der Waals surface area contributed by atoms with Crippen LogP contribution < -0.4 is 0 Å². The maximum absolute atomic E-state index is 5.11. The molecule has 0 bridgehead atoms. The SMILES string of the molecule is CC1(C)c2ccccc2-c2cc3c(cc21)sc1cc2c(cc13)c1ccccc1n2-c1ccc(-c2nc(C3=CCCC=C3)cc(-c3ccccc3)n2)cc1. The highest BCUT2D eigenvalue weighted by Gasteiger charge is 2.35. The van der Waals surface area contributed by atoms with Crippen molar-refractivity contribution in [3.63, 3.8) is 0 Å². The van der Waals surface area contributed by atoms with Crippen molar-refractivity contribution in [1.82, 2.24) is 14.5 Å². The number of para-hydroxylation sites is 1. The molecule has 9 aromatic rings. The van der Waals surface area contributed by atoms with Gasteiger partial charge in [0.25, 0.3) is 0 Å². The molecule has 0 aliphatic heterocycles. The van der Waals surface area contributed by atoms with E-state index in [0.29, 0.717) is 0 Å². The summed E-state index contributed by atoms with van der Waals surface area (Å²) < 4.78 is 5.08. The van der Waals surface area contributed by atoms with Gasteiger partial charge < -0.3 is 4.57 Å².